The van der Waals surface area contributed by atoms with Gasteiger partial charge < -0.3 is 35.8 Å². The molecule has 1 aliphatic rings. The van der Waals surface area contributed by atoms with Crippen molar-refractivity contribution < 1.29 is 38.6 Å². The lowest BCUT2D eigenvalue weighted by Gasteiger charge is -2.35. The number of nitrogens with one attached hydrogen (secondary N) is 2. The minimum Gasteiger partial charge on any atom is -0.507 e. The van der Waals surface area contributed by atoms with Gasteiger partial charge in [0.2, 0.25) is 17.7 Å². The molecule has 2 rings (SSSR count). The van der Waals surface area contributed by atoms with Gasteiger partial charge in [0.05, 0.1) is 13.5 Å². The van der Waals surface area contributed by atoms with Crippen LogP contribution >= 0.6 is 0 Å². The van der Waals surface area contributed by atoms with Gasteiger partial charge in [0, 0.05) is 11.6 Å². The number of alkyl carbamates (subject to hydrolysis) is 1. The van der Waals surface area contributed by atoms with Crippen LogP contribution in [0, 0.1) is 12.8 Å². The SMILES string of the molecule is COC(=O)CNC(=O)C(c1cccc(C)c1O)N(C(=O)C(CC(N)=O)NC(=O)OC(C)(C)C)C1CC1C. The van der Waals surface area contributed by atoms with Gasteiger partial charge in [0.25, 0.3) is 0 Å². The summed E-state index contributed by atoms with van der Waals surface area (Å²) < 4.78 is 9.82. The first-order valence-electron chi connectivity index (χ1n) is 11.9. The third kappa shape index (κ3) is 8.09. The number of nitrogens with two attached hydrogens (primary N) is 1. The van der Waals surface area contributed by atoms with Crippen molar-refractivity contribution in [2.24, 2.45) is 11.7 Å². The number of nitrogens with zero attached hydrogens (tertiary/aromatic N) is 1. The van der Waals surface area contributed by atoms with Crippen LogP contribution in [0.25, 0.3) is 0 Å². The Morgan fingerprint density at radius 3 is 2.35 bits per heavy atom. The zero-order valence-electron chi connectivity index (χ0n) is 22.0. The molecule has 0 radical (unpaired) electrons. The van der Waals surface area contributed by atoms with Crippen LogP contribution in [-0.2, 0) is 28.7 Å². The summed E-state index contributed by atoms with van der Waals surface area (Å²) in [5.41, 5.74) is 5.07. The van der Waals surface area contributed by atoms with Gasteiger partial charge in [-0.1, -0.05) is 25.1 Å². The molecule has 1 saturated carbocycles. The zero-order chi connectivity index (χ0) is 28.1. The fourth-order valence-corrected chi connectivity index (χ4v) is 3.85. The van der Waals surface area contributed by atoms with Crippen molar-refractivity contribution in [2.45, 2.75) is 71.2 Å². The molecule has 4 unspecified atom stereocenters. The number of aryl methyl sites for hydroxylation is 1. The number of phenolic OH excluding ortho intramolecular Hbond substituents is 1. The first-order chi connectivity index (χ1) is 17.2. The molecule has 4 atom stereocenters. The topological polar surface area (TPSA) is 177 Å². The molecule has 12 heteroatoms. The van der Waals surface area contributed by atoms with Crippen LogP contribution in [-0.4, -0.2) is 71.1 Å². The van der Waals surface area contributed by atoms with Gasteiger partial charge in [0.1, 0.15) is 30.0 Å². The lowest BCUT2D eigenvalue weighted by atomic mass is 9.98. The minimum absolute atomic E-state index is 0.0115. The Morgan fingerprint density at radius 1 is 1.22 bits per heavy atom. The predicted octanol–water partition coefficient (Wildman–Crippen LogP) is 1.04. The molecule has 1 aromatic carbocycles. The van der Waals surface area contributed by atoms with Gasteiger partial charge in [-0.15, -0.1) is 0 Å². The van der Waals surface area contributed by atoms with Crippen LogP contribution < -0.4 is 16.4 Å². The van der Waals surface area contributed by atoms with Crippen LogP contribution in [0.4, 0.5) is 4.79 Å². The van der Waals surface area contributed by atoms with Crippen LogP contribution in [0.1, 0.15) is 57.7 Å². The summed E-state index contributed by atoms with van der Waals surface area (Å²) >= 11 is 0. The summed E-state index contributed by atoms with van der Waals surface area (Å²) in [6.07, 6.45) is -0.957. The number of rotatable bonds is 10. The third-order valence-electron chi connectivity index (χ3n) is 5.80. The number of amides is 4. The maximum Gasteiger partial charge on any atom is 0.408 e. The van der Waals surface area contributed by atoms with E-state index in [0.717, 1.165) is 7.11 Å². The van der Waals surface area contributed by atoms with E-state index in [1.54, 1.807) is 39.8 Å². The lowest BCUT2D eigenvalue weighted by Crippen LogP contribution is -2.55. The Bertz CT molecular complexity index is 1050. The summed E-state index contributed by atoms with van der Waals surface area (Å²) in [5, 5.41) is 15.7. The van der Waals surface area contributed by atoms with Crippen LogP contribution in [0.3, 0.4) is 0 Å². The van der Waals surface area contributed by atoms with Gasteiger partial charge in [-0.05, 0) is 45.6 Å². The molecule has 0 aliphatic heterocycles. The summed E-state index contributed by atoms with van der Waals surface area (Å²) in [7, 11) is 1.16. The number of primary amides is 1. The second kappa shape index (κ2) is 11.9. The van der Waals surface area contributed by atoms with E-state index in [9.17, 15) is 29.1 Å². The van der Waals surface area contributed by atoms with Gasteiger partial charge in [-0.2, -0.15) is 0 Å². The number of carbonyl (C=O) groups excluding carboxylic acids is 5. The van der Waals surface area contributed by atoms with Gasteiger partial charge >= 0.3 is 12.1 Å². The monoisotopic (exact) mass is 520 g/mol. The van der Waals surface area contributed by atoms with Crippen LogP contribution in [0.15, 0.2) is 18.2 Å². The molecule has 0 aromatic heterocycles. The first-order valence-corrected chi connectivity index (χ1v) is 11.9. The molecule has 0 heterocycles. The van der Waals surface area contributed by atoms with Crippen molar-refractivity contribution in [2.75, 3.05) is 13.7 Å². The van der Waals surface area contributed by atoms with E-state index in [1.165, 1.54) is 11.0 Å². The van der Waals surface area contributed by atoms with E-state index in [0.29, 0.717) is 12.0 Å². The molecule has 1 aliphatic carbocycles. The lowest BCUT2D eigenvalue weighted by molar-refractivity contribution is -0.146. The number of methoxy groups -OCH3 is 1. The quantitative estimate of drug-likeness (QED) is 0.331. The fourth-order valence-electron chi connectivity index (χ4n) is 3.85. The summed E-state index contributed by atoms with van der Waals surface area (Å²) in [5.74, 6) is -3.31. The number of hydrogen-bond acceptors (Lipinski definition) is 8. The number of phenols is 1. The fraction of sp³-hybridized carbons (Fsp3) is 0.560. The first kappa shape index (κ1) is 29.4. The largest absolute Gasteiger partial charge is 0.507 e. The zero-order valence-corrected chi connectivity index (χ0v) is 22.0. The Morgan fingerprint density at radius 2 is 1.84 bits per heavy atom. The Kier molecular flexibility index (Phi) is 9.49. The number of aromatic hydroxyl groups is 1. The highest BCUT2D eigenvalue weighted by Crippen LogP contribution is 2.42. The van der Waals surface area contributed by atoms with E-state index in [4.69, 9.17) is 10.5 Å². The molecule has 0 bridgehead atoms. The van der Waals surface area contributed by atoms with Crippen molar-refractivity contribution in [3.05, 3.63) is 29.3 Å². The van der Waals surface area contributed by atoms with Crippen molar-refractivity contribution in [1.29, 1.82) is 0 Å². The molecular formula is C25H36N4O8. The summed E-state index contributed by atoms with van der Waals surface area (Å²) in [6.45, 7) is 7.94. The number of benzene rings is 1. The van der Waals surface area contributed by atoms with Crippen molar-refractivity contribution in [3.8, 4) is 5.75 Å². The number of ether oxygens (including phenoxy) is 2. The molecule has 0 saturated heterocycles. The highest BCUT2D eigenvalue weighted by Gasteiger charge is 2.49. The van der Waals surface area contributed by atoms with Gasteiger partial charge in [-0.3, -0.25) is 19.2 Å². The van der Waals surface area contributed by atoms with E-state index in [1.807, 2.05) is 6.92 Å². The highest BCUT2D eigenvalue weighted by atomic mass is 16.6. The molecule has 1 fully saturated rings. The molecule has 204 valence electrons. The maximum atomic E-state index is 13.9. The molecule has 1 aromatic rings. The second-order valence-electron chi connectivity index (χ2n) is 10.1. The molecule has 0 spiro atoms. The summed E-state index contributed by atoms with van der Waals surface area (Å²) in [4.78, 5) is 64.6. The standard InChI is InChI=1S/C25H36N4O8/c1-13-8-7-9-15(21(13)32)20(22(33)27-12-19(31)36-6)29(17-10-14(17)2)23(34)16(11-18(26)30)28-24(35)37-25(3,4)5/h7-9,14,16-17,20,32H,10-12H2,1-6H3,(H2,26,30)(H,27,33)(H,28,35). The minimum atomic E-state index is -1.44. The molecule has 12 nitrogen and oxygen atoms in total. The summed E-state index contributed by atoms with van der Waals surface area (Å²) in [6, 6.07) is 1.46. The number of carbonyl (C=O) groups is 5. The molecule has 4 amide bonds. The average molecular weight is 521 g/mol. The average Bonchev–Trinajstić information content (AvgIpc) is 3.50. The van der Waals surface area contributed by atoms with Crippen LogP contribution in [0.2, 0.25) is 0 Å². The van der Waals surface area contributed by atoms with Crippen molar-refractivity contribution in [1.82, 2.24) is 15.5 Å². The molecule has 5 N–H and O–H groups in total. The predicted molar refractivity (Wildman–Crippen MR) is 132 cm³/mol. The number of esters is 1. The van der Waals surface area contributed by atoms with Gasteiger partial charge in [0.15, 0.2) is 0 Å². The highest BCUT2D eigenvalue weighted by molar-refractivity contribution is 5.96. The second-order valence-corrected chi connectivity index (χ2v) is 10.1. The normalized spacial score (nSPS) is 18.1. The number of para-hydroxylation sites is 1. The van der Waals surface area contributed by atoms with E-state index in [2.05, 4.69) is 15.4 Å². The smallest absolute Gasteiger partial charge is 0.408 e. The maximum absolute atomic E-state index is 13.9. The van der Waals surface area contributed by atoms with Crippen molar-refractivity contribution >= 4 is 29.8 Å². The van der Waals surface area contributed by atoms with E-state index >= 15 is 0 Å². The Hall–Kier alpha value is -3.83. The molecular weight excluding hydrogens is 484 g/mol. The van der Waals surface area contributed by atoms with E-state index < -0.39 is 66.5 Å². The molecule has 37 heavy (non-hydrogen) atoms. The Labute approximate surface area is 215 Å². The Balaban J connectivity index is 2.54. The number of hydrogen-bond donors (Lipinski definition) is 4. The van der Waals surface area contributed by atoms with E-state index in [-0.39, 0.29) is 17.2 Å². The third-order valence-corrected chi connectivity index (χ3v) is 5.80. The van der Waals surface area contributed by atoms with Crippen molar-refractivity contribution in [3.63, 3.8) is 0 Å². The van der Waals surface area contributed by atoms with Gasteiger partial charge in [-0.25, -0.2) is 4.79 Å². The van der Waals surface area contributed by atoms with Crippen LogP contribution in [0.5, 0.6) is 5.75 Å².